The van der Waals surface area contributed by atoms with Crippen molar-refractivity contribution in [3.63, 3.8) is 0 Å². The molecule has 0 unspecified atom stereocenters. The van der Waals surface area contributed by atoms with Crippen molar-refractivity contribution in [1.82, 2.24) is 0 Å². The number of hydrogen-bond donors (Lipinski definition) is 3. The Balaban J connectivity index is 1.76. The fourth-order valence-corrected chi connectivity index (χ4v) is 4.27. The van der Waals surface area contributed by atoms with Crippen LogP contribution in [0, 0.1) is 13.8 Å². The summed E-state index contributed by atoms with van der Waals surface area (Å²) in [6.07, 6.45) is 1.04. The third kappa shape index (κ3) is 6.83. The second kappa shape index (κ2) is 11.3. The zero-order valence-electron chi connectivity index (χ0n) is 19.2. The van der Waals surface area contributed by atoms with Gasteiger partial charge in [-0.1, -0.05) is 48.0 Å². The first-order valence-electron chi connectivity index (χ1n) is 10.7. The molecule has 1 atom stereocenters. The summed E-state index contributed by atoms with van der Waals surface area (Å²) in [6, 6.07) is 22.5. The molecule has 2 amide bonds. The summed E-state index contributed by atoms with van der Waals surface area (Å²) in [7, 11) is 0. The molecule has 7 heteroatoms. The van der Waals surface area contributed by atoms with E-state index in [2.05, 4.69) is 10.6 Å². The van der Waals surface area contributed by atoms with Crippen LogP contribution >= 0.6 is 11.8 Å². The number of aryl methyl sites for hydroxylation is 2. The number of carbonyl (C=O) groups excluding carboxylic acids is 2. The maximum atomic E-state index is 13.3. The molecular weight excluding hydrogens is 448 g/mol. The average molecular weight is 475 g/mol. The summed E-state index contributed by atoms with van der Waals surface area (Å²) in [5, 5.41) is 14.1. The molecule has 0 aliphatic rings. The molecule has 0 spiro atoms. The van der Waals surface area contributed by atoms with Crippen LogP contribution in [0.3, 0.4) is 0 Å². The maximum absolute atomic E-state index is 13.3. The van der Waals surface area contributed by atoms with Gasteiger partial charge in [0.2, 0.25) is 11.8 Å². The third-order valence-corrected chi connectivity index (χ3v) is 6.31. The zero-order chi connectivity index (χ0) is 24.7. The number of aliphatic carboxylic acids is 1. The van der Waals surface area contributed by atoms with Gasteiger partial charge in [-0.25, -0.2) is 4.79 Å². The number of rotatable bonds is 8. The lowest BCUT2D eigenvalue weighted by atomic mass is 10.1. The Morgan fingerprint density at radius 1 is 0.912 bits per heavy atom. The lowest BCUT2D eigenvalue weighted by molar-refractivity contribution is -0.132. The minimum atomic E-state index is -1.15. The number of benzene rings is 3. The second-order valence-electron chi connectivity index (χ2n) is 7.86. The van der Waals surface area contributed by atoms with Crippen molar-refractivity contribution in [1.29, 1.82) is 0 Å². The summed E-state index contributed by atoms with van der Waals surface area (Å²) in [6.45, 7) is 5.33. The van der Waals surface area contributed by atoms with Crippen LogP contribution in [0.4, 0.5) is 11.4 Å². The van der Waals surface area contributed by atoms with Crippen molar-refractivity contribution >= 4 is 40.9 Å². The monoisotopic (exact) mass is 474 g/mol. The van der Waals surface area contributed by atoms with E-state index < -0.39 is 17.1 Å². The van der Waals surface area contributed by atoms with Crippen LogP contribution in [0.25, 0.3) is 0 Å². The first kappa shape index (κ1) is 24.8. The lowest BCUT2D eigenvalue weighted by Gasteiger charge is -2.18. The highest BCUT2D eigenvalue weighted by Crippen LogP contribution is 2.37. The van der Waals surface area contributed by atoms with Crippen molar-refractivity contribution in [2.45, 2.75) is 30.9 Å². The van der Waals surface area contributed by atoms with Crippen molar-refractivity contribution in [3.05, 3.63) is 101 Å². The molecule has 174 valence electrons. The van der Waals surface area contributed by atoms with E-state index in [9.17, 15) is 14.4 Å². The zero-order valence-corrected chi connectivity index (χ0v) is 20.0. The molecule has 34 heavy (non-hydrogen) atoms. The summed E-state index contributed by atoms with van der Waals surface area (Å²) in [5.74, 6) is -1.79. The molecule has 3 aromatic carbocycles. The molecular formula is C27H26N2O4S. The van der Waals surface area contributed by atoms with Gasteiger partial charge in [-0.2, -0.15) is 0 Å². The van der Waals surface area contributed by atoms with Gasteiger partial charge >= 0.3 is 5.97 Å². The van der Waals surface area contributed by atoms with Gasteiger partial charge in [0, 0.05) is 27.9 Å². The Morgan fingerprint density at radius 3 is 2.21 bits per heavy atom. The molecule has 0 aliphatic heterocycles. The van der Waals surface area contributed by atoms with Crippen molar-refractivity contribution in [2.75, 3.05) is 10.6 Å². The van der Waals surface area contributed by atoms with Gasteiger partial charge in [-0.05, 0) is 62.2 Å². The first-order chi connectivity index (χ1) is 16.2. The molecule has 0 fully saturated rings. The van der Waals surface area contributed by atoms with Crippen LogP contribution in [0.2, 0.25) is 0 Å². The maximum Gasteiger partial charge on any atom is 0.331 e. The molecule has 0 aliphatic carbocycles. The SMILES string of the molecule is C/C(=C\C(=O)Nc1ccc(S[C@@H](C(=O)Nc2ccc(C)cc2C)c2ccccc2)cc1)C(=O)O. The molecule has 3 rings (SSSR count). The molecule has 0 aromatic heterocycles. The fraction of sp³-hybridized carbons (Fsp3) is 0.148. The number of anilines is 2. The number of nitrogens with one attached hydrogen (secondary N) is 2. The van der Waals surface area contributed by atoms with E-state index in [1.807, 2.05) is 74.5 Å². The molecule has 0 saturated carbocycles. The Morgan fingerprint density at radius 2 is 1.59 bits per heavy atom. The summed E-state index contributed by atoms with van der Waals surface area (Å²) < 4.78 is 0. The summed E-state index contributed by atoms with van der Waals surface area (Å²) in [4.78, 5) is 37.0. The minimum absolute atomic E-state index is 0.0507. The van der Waals surface area contributed by atoms with Gasteiger partial charge in [-0.15, -0.1) is 11.8 Å². The number of thioether (sulfide) groups is 1. The molecule has 0 heterocycles. The van der Waals surface area contributed by atoms with Gasteiger partial charge in [-0.3, -0.25) is 9.59 Å². The van der Waals surface area contributed by atoms with Crippen molar-refractivity contribution in [2.24, 2.45) is 0 Å². The van der Waals surface area contributed by atoms with Crippen LogP contribution in [0.5, 0.6) is 0 Å². The minimum Gasteiger partial charge on any atom is -0.478 e. The highest BCUT2D eigenvalue weighted by atomic mass is 32.2. The smallest absolute Gasteiger partial charge is 0.331 e. The van der Waals surface area contributed by atoms with E-state index >= 15 is 0 Å². The Kier molecular flexibility index (Phi) is 8.27. The van der Waals surface area contributed by atoms with Gasteiger partial charge in [0.15, 0.2) is 0 Å². The first-order valence-corrected chi connectivity index (χ1v) is 11.5. The standard InChI is InChI=1S/C27H26N2O4S/c1-17-9-14-23(18(2)15-17)29-26(31)25(20-7-5-4-6-8-20)34-22-12-10-21(11-13-22)28-24(30)16-19(3)27(32)33/h4-16,25H,1-3H3,(H,28,30)(H,29,31)(H,32,33)/b19-16+/t25-/m1/s1. The Bertz CT molecular complexity index is 1220. The summed E-state index contributed by atoms with van der Waals surface area (Å²) in [5.41, 5.74) is 4.26. The molecule has 3 N–H and O–H groups in total. The van der Waals surface area contributed by atoms with Crippen molar-refractivity contribution < 1.29 is 19.5 Å². The van der Waals surface area contributed by atoms with E-state index in [4.69, 9.17) is 5.11 Å². The predicted octanol–water partition coefficient (Wildman–Crippen LogP) is 5.74. The molecule has 6 nitrogen and oxygen atoms in total. The van der Waals surface area contributed by atoms with Crippen LogP contribution in [-0.4, -0.2) is 22.9 Å². The van der Waals surface area contributed by atoms with Gasteiger partial charge in [0.25, 0.3) is 0 Å². The van der Waals surface area contributed by atoms with Crippen molar-refractivity contribution in [3.8, 4) is 0 Å². The Hall–Kier alpha value is -3.84. The van der Waals surface area contributed by atoms with Gasteiger partial charge in [0.1, 0.15) is 5.25 Å². The average Bonchev–Trinajstić information content (AvgIpc) is 2.80. The molecule has 0 bridgehead atoms. The quantitative estimate of drug-likeness (QED) is 0.286. The number of amides is 2. The van der Waals surface area contributed by atoms with Crippen LogP contribution < -0.4 is 10.6 Å². The molecule has 3 aromatic rings. The van der Waals surface area contributed by atoms with Crippen LogP contribution in [0.15, 0.2) is 89.3 Å². The van der Waals surface area contributed by atoms with E-state index in [-0.39, 0.29) is 11.5 Å². The predicted molar refractivity (Wildman–Crippen MR) is 136 cm³/mol. The van der Waals surface area contributed by atoms with Crippen LogP contribution in [0.1, 0.15) is 28.9 Å². The Labute approximate surface area is 203 Å². The number of carbonyl (C=O) groups is 3. The largest absolute Gasteiger partial charge is 0.478 e. The van der Waals surface area contributed by atoms with Crippen LogP contribution in [-0.2, 0) is 14.4 Å². The summed E-state index contributed by atoms with van der Waals surface area (Å²) >= 11 is 1.41. The highest BCUT2D eigenvalue weighted by molar-refractivity contribution is 8.00. The molecule has 0 saturated heterocycles. The highest BCUT2D eigenvalue weighted by Gasteiger charge is 2.22. The second-order valence-corrected chi connectivity index (χ2v) is 9.04. The number of carboxylic acid groups (broad SMARTS) is 1. The van der Waals surface area contributed by atoms with E-state index in [1.54, 1.807) is 12.1 Å². The molecule has 0 radical (unpaired) electrons. The van der Waals surface area contributed by atoms with E-state index in [0.29, 0.717) is 5.69 Å². The number of hydrogen-bond acceptors (Lipinski definition) is 4. The fourth-order valence-electron chi connectivity index (χ4n) is 3.24. The van der Waals surface area contributed by atoms with E-state index in [1.165, 1.54) is 18.7 Å². The third-order valence-electron chi connectivity index (χ3n) is 5.04. The van der Waals surface area contributed by atoms with E-state index in [0.717, 1.165) is 33.3 Å². The van der Waals surface area contributed by atoms with Gasteiger partial charge < -0.3 is 15.7 Å². The lowest BCUT2D eigenvalue weighted by Crippen LogP contribution is -2.19. The normalized spacial score (nSPS) is 12.0. The number of carboxylic acids is 1. The topological polar surface area (TPSA) is 95.5 Å². The van der Waals surface area contributed by atoms with Gasteiger partial charge in [0.05, 0.1) is 0 Å².